The Morgan fingerprint density at radius 3 is 2.09 bits per heavy atom. The molecule has 0 fully saturated rings. The maximum atomic E-state index is 2.25. The fourth-order valence-corrected chi connectivity index (χ4v) is 0.961. The van der Waals surface area contributed by atoms with Crippen LogP contribution in [0.15, 0.2) is 30.3 Å². The van der Waals surface area contributed by atoms with Crippen LogP contribution < -0.4 is 4.81 Å². The van der Waals surface area contributed by atoms with Crippen molar-refractivity contribution in [2.75, 3.05) is 11.9 Å². The molecule has 0 heterocycles. The van der Waals surface area contributed by atoms with Crippen molar-refractivity contribution in [1.29, 1.82) is 0 Å². The van der Waals surface area contributed by atoms with Gasteiger partial charge in [0, 0.05) is 5.69 Å². The molecule has 0 saturated heterocycles. The van der Waals surface area contributed by atoms with Gasteiger partial charge >= 0.3 is 0 Å². The topological polar surface area (TPSA) is 3.24 Å². The molecular formula is C9H14BN. The molecule has 1 rings (SSSR count). The van der Waals surface area contributed by atoms with Crippen LogP contribution in [-0.2, 0) is 0 Å². The van der Waals surface area contributed by atoms with Crippen molar-refractivity contribution >= 4 is 12.5 Å². The van der Waals surface area contributed by atoms with Gasteiger partial charge in [0.05, 0.1) is 0 Å². The van der Waals surface area contributed by atoms with Crippen LogP contribution in [0.2, 0.25) is 13.6 Å². The Balaban J connectivity index is 2.77. The summed E-state index contributed by atoms with van der Waals surface area (Å²) in [5.41, 5.74) is 1.28. The third-order valence-electron chi connectivity index (χ3n) is 1.94. The summed E-state index contributed by atoms with van der Waals surface area (Å²) in [4.78, 5) is 2.25. The van der Waals surface area contributed by atoms with E-state index in [1.165, 1.54) is 5.69 Å². The first kappa shape index (κ1) is 8.18. The third-order valence-corrected chi connectivity index (χ3v) is 1.94. The summed E-state index contributed by atoms with van der Waals surface area (Å²) in [7, 11) is 2.11. The first-order chi connectivity index (χ1) is 5.22. The van der Waals surface area contributed by atoms with Gasteiger partial charge in [0.1, 0.15) is 0 Å². The van der Waals surface area contributed by atoms with E-state index in [-0.39, 0.29) is 0 Å². The molecule has 2 heteroatoms. The van der Waals surface area contributed by atoms with Gasteiger partial charge in [-0.05, 0) is 19.2 Å². The van der Waals surface area contributed by atoms with E-state index in [9.17, 15) is 0 Å². The number of hydrogen-bond acceptors (Lipinski definition) is 1. The van der Waals surface area contributed by atoms with Crippen LogP contribution in [0.3, 0.4) is 0 Å². The zero-order valence-electron chi connectivity index (χ0n) is 7.41. The largest absolute Gasteiger partial charge is 0.418 e. The second-order valence-electron chi connectivity index (χ2n) is 3.04. The van der Waals surface area contributed by atoms with Crippen LogP contribution in [-0.4, -0.2) is 13.9 Å². The Morgan fingerprint density at radius 1 is 1.09 bits per heavy atom. The van der Waals surface area contributed by atoms with Gasteiger partial charge in [-0.1, -0.05) is 31.8 Å². The molecule has 0 radical (unpaired) electrons. The van der Waals surface area contributed by atoms with E-state index >= 15 is 0 Å². The Morgan fingerprint density at radius 2 is 1.64 bits per heavy atom. The lowest BCUT2D eigenvalue weighted by atomic mass is 9.66. The van der Waals surface area contributed by atoms with Gasteiger partial charge in [-0.3, -0.25) is 0 Å². The number of rotatable bonds is 2. The van der Waals surface area contributed by atoms with E-state index in [0.29, 0.717) is 6.85 Å². The fraction of sp³-hybridized carbons (Fsp3) is 0.333. The minimum atomic E-state index is 0.567. The zero-order valence-corrected chi connectivity index (χ0v) is 7.41. The van der Waals surface area contributed by atoms with Crippen molar-refractivity contribution in [2.24, 2.45) is 0 Å². The van der Waals surface area contributed by atoms with Gasteiger partial charge < -0.3 is 4.81 Å². The van der Waals surface area contributed by atoms with Crippen LogP contribution in [0.1, 0.15) is 0 Å². The Hall–Kier alpha value is -0.915. The molecule has 0 aliphatic rings. The van der Waals surface area contributed by atoms with Crippen LogP contribution in [0.4, 0.5) is 5.69 Å². The molecule has 1 aromatic carbocycles. The lowest BCUT2D eigenvalue weighted by Gasteiger charge is -2.21. The second-order valence-corrected chi connectivity index (χ2v) is 3.04. The molecule has 0 unspecified atom stereocenters. The predicted octanol–water partition coefficient (Wildman–Crippen LogP) is 2.37. The van der Waals surface area contributed by atoms with Gasteiger partial charge in [0.25, 0.3) is 0 Å². The minimum absolute atomic E-state index is 0.567. The summed E-state index contributed by atoms with van der Waals surface area (Å²) in [6.07, 6.45) is 0. The smallest absolute Gasteiger partial charge is 0.247 e. The fourth-order valence-electron chi connectivity index (χ4n) is 0.961. The summed E-state index contributed by atoms with van der Waals surface area (Å²) in [5.74, 6) is 0. The second kappa shape index (κ2) is 3.47. The van der Waals surface area contributed by atoms with Gasteiger partial charge in [0.2, 0.25) is 6.85 Å². The number of hydrogen-bond donors (Lipinski definition) is 0. The van der Waals surface area contributed by atoms with Crippen molar-refractivity contribution in [2.45, 2.75) is 13.6 Å². The highest BCUT2D eigenvalue weighted by atomic mass is 15.0. The molecule has 11 heavy (non-hydrogen) atoms. The molecule has 0 atom stereocenters. The van der Waals surface area contributed by atoms with E-state index in [0.717, 1.165) is 0 Å². The van der Waals surface area contributed by atoms with Crippen LogP contribution in [0.25, 0.3) is 0 Å². The zero-order chi connectivity index (χ0) is 8.27. The molecule has 58 valence electrons. The van der Waals surface area contributed by atoms with Crippen molar-refractivity contribution in [3.05, 3.63) is 30.3 Å². The number of anilines is 1. The molecule has 0 bridgehead atoms. The molecule has 0 N–H and O–H groups in total. The van der Waals surface area contributed by atoms with E-state index in [1.54, 1.807) is 0 Å². The normalized spacial score (nSPS) is 9.36. The Bertz CT molecular complexity index is 208. The molecule has 1 aromatic rings. The van der Waals surface area contributed by atoms with E-state index in [4.69, 9.17) is 0 Å². The van der Waals surface area contributed by atoms with E-state index in [2.05, 4.69) is 49.8 Å². The molecule has 0 saturated carbocycles. The standard InChI is InChI=1S/C9H14BN/c1-10(2)11(3)9-7-5-4-6-8-9/h4-8H,1-3H3. The predicted molar refractivity (Wildman–Crippen MR) is 52.3 cm³/mol. The average Bonchev–Trinajstić information content (AvgIpc) is 2.05. The SMILES string of the molecule is CB(C)N(C)c1ccccc1. The Kier molecular flexibility index (Phi) is 2.58. The highest BCUT2D eigenvalue weighted by Gasteiger charge is 2.06. The highest BCUT2D eigenvalue weighted by Crippen LogP contribution is 2.11. The lowest BCUT2D eigenvalue weighted by molar-refractivity contribution is 1.29. The van der Waals surface area contributed by atoms with Crippen LogP contribution in [0.5, 0.6) is 0 Å². The third kappa shape index (κ3) is 2.00. The summed E-state index contributed by atoms with van der Waals surface area (Å²) in [6.45, 7) is 4.94. The molecule has 1 nitrogen and oxygen atoms in total. The molecule has 0 aliphatic carbocycles. The van der Waals surface area contributed by atoms with Gasteiger partial charge in [-0.25, -0.2) is 0 Å². The highest BCUT2D eigenvalue weighted by molar-refractivity contribution is 6.60. The molecular weight excluding hydrogens is 133 g/mol. The minimum Gasteiger partial charge on any atom is -0.418 e. The first-order valence-electron chi connectivity index (χ1n) is 3.99. The molecule has 0 spiro atoms. The summed E-state index contributed by atoms with van der Waals surface area (Å²) in [6, 6.07) is 10.4. The van der Waals surface area contributed by atoms with E-state index in [1.807, 2.05) is 6.07 Å². The maximum Gasteiger partial charge on any atom is 0.247 e. The number of benzene rings is 1. The van der Waals surface area contributed by atoms with Crippen LogP contribution in [0, 0.1) is 0 Å². The molecule has 0 aliphatic heterocycles. The summed E-state index contributed by atoms with van der Waals surface area (Å²) in [5, 5.41) is 0. The van der Waals surface area contributed by atoms with Crippen molar-refractivity contribution in [3.8, 4) is 0 Å². The number of nitrogens with zero attached hydrogens (tertiary/aromatic N) is 1. The summed E-state index contributed by atoms with van der Waals surface area (Å²) < 4.78 is 0. The van der Waals surface area contributed by atoms with Gasteiger partial charge in [-0.15, -0.1) is 0 Å². The summed E-state index contributed by atoms with van der Waals surface area (Å²) >= 11 is 0. The van der Waals surface area contributed by atoms with Gasteiger partial charge in [-0.2, -0.15) is 0 Å². The molecule has 0 aromatic heterocycles. The quantitative estimate of drug-likeness (QED) is 0.580. The van der Waals surface area contributed by atoms with Crippen LogP contribution >= 0.6 is 0 Å². The Labute approximate surface area is 69.1 Å². The lowest BCUT2D eigenvalue weighted by Crippen LogP contribution is -2.29. The van der Waals surface area contributed by atoms with E-state index < -0.39 is 0 Å². The van der Waals surface area contributed by atoms with Crippen molar-refractivity contribution < 1.29 is 0 Å². The number of para-hydroxylation sites is 1. The van der Waals surface area contributed by atoms with Gasteiger partial charge in [0.15, 0.2) is 0 Å². The van der Waals surface area contributed by atoms with Crippen molar-refractivity contribution in [1.82, 2.24) is 0 Å². The first-order valence-corrected chi connectivity index (χ1v) is 3.99. The molecule has 0 amide bonds. The monoisotopic (exact) mass is 147 g/mol. The maximum absolute atomic E-state index is 2.25. The average molecular weight is 147 g/mol. The van der Waals surface area contributed by atoms with Crippen molar-refractivity contribution in [3.63, 3.8) is 0 Å².